The van der Waals surface area contributed by atoms with E-state index in [2.05, 4.69) is 24.4 Å². The number of hydrogen-bond donors (Lipinski definition) is 2. The second-order valence-electron chi connectivity index (χ2n) is 5.11. The van der Waals surface area contributed by atoms with Gasteiger partial charge in [-0.1, -0.05) is 37.3 Å². The van der Waals surface area contributed by atoms with Crippen LogP contribution in [0.25, 0.3) is 0 Å². The van der Waals surface area contributed by atoms with E-state index in [4.69, 9.17) is 4.74 Å². The summed E-state index contributed by atoms with van der Waals surface area (Å²) in [7, 11) is 0. The molecule has 2 rings (SSSR count). The van der Waals surface area contributed by atoms with Gasteiger partial charge in [0.05, 0.1) is 12.7 Å². The van der Waals surface area contributed by atoms with Crippen molar-refractivity contribution in [1.29, 1.82) is 0 Å². The van der Waals surface area contributed by atoms with Crippen molar-refractivity contribution in [1.82, 2.24) is 0 Å². The van der Waals surface area contributed by atoms with Crippen molar-refractivity contribution in [2.24, 2.45) is 0 Å². The summed E-state index contributed by atoms with van der Waals surface area (Å²) in [4.78, 5) is 0. The van der Waals surface area contributed by atoms with Gasteiger partial charge in [0.2, 0.25) is 0 Å². The SMILES string of the molecule is CCCOc1ccc(CNc2ccccc2C(C)O)cc1. The Hall–Kier alpha value is -2.00. The average Bonchev–Trinajstić information content (AvgIpc) is 2.52. The Morgan fingerprint density at radius 1 is 1.10 bits per heavy atom. The molecule has 2 aromatic carbocycles. The molecule has 3 heteroatoms. The maximum Gasteiger partial charge on any atom is 0.119 e. The molecule has 21 heavy (non-hydrogen) atoms. The molecule has 0 radical (unpaired) electrons. The standard InChI is InChI=1S/C18H23NO2/c1-3-12-21-16-10-8-15(9-11-16)13-19-18-7-5-4-6-17(18)14(2)20/h4-11,14,19-20H,3,12-13H2,1-2H3. The highest BCUT2D eigenvalue weighted by Crippen LogP contribution is 2.23. The summed E-state index contributed by atoms with van der Waals surface area (Å²) in [6, 6.07) is 15.9. The lowest BCUT2D eigenvalue weighted by atomic mass is 10.1. The van der Waals surface area contributed by atoms with Gasteiger partial charge < -0.3 is 15.2 Å². The van der Waals surface area contributed by atoms with Crippen LogP contribution in [0.15, 0.2) is 48.5 Å². The van der Waals surface area contributed by atoms with E-state index < -0.39 is 6.10 Å². The van der Waals surface area contributed by atoms with Crippen molar-refractivity contribution in [3.05, 3.63) is 59.7 Å². The molecule has 0 heterocycles. The third-order valence-corrected chi connectivity index (χ3v) is 3.29. The van der Waals surface area contributed by atoms with Gasteiger partial charge >= 0.3 is 0 Å². The van der Waals surface area contributed by atoms with Gasteiger partial charge in [0.1, 0.15) is 5.75 Å². The minimum atomic E-state index is -0.474. The van der Waals surface area contributed by atoms with Gasteiger partial charge in [0, 0.05) is 17.8 Å². The van der Waals surface area contributed by atoms with Gasteiger partial charge in [0.25, 0.3) is 0 Å². The number of hydrogen-bond acceptors (Lipinski definition) is 3. The fourth-order valence-corrected chi connectivity index (χ4v) is 2.14. The first-order valence-electron chi connectivity index (χ1n) is 7.43. The maximum atomic E-state index is 9.76. The van der Waals surface area contributed by atoms with E-state index in [-0.39, 0.29) is 0 Å². The van der Waals surface area contributed by atoms with Crippen LogP contribution in [-0.4, -0.2) is 11.7 Å². The quantitative estimate of drug-likeness (QED) is 0.803. The maximum absolute atomic E-state index is 9.76. The summed E-state index contributed by atoms with van der Waals surface area (Å²) in [5, 5.41) is 13.1. The number of aliphatic hydroxyl groups excluding tert-OH is 1. The molecule has 0 aliphatic rings. The molecule has 0 saturated carbocycles. The summed E-state index contributed by atoms with van der Waals surface area (Å²) in [6.45, 7) is 5.34. The van der Waals surface area contributed by atoms with Crippen molar-refractivity contribution >= 4 is 5.69 Å². The van der Waals surface area contributed by atoms with E-state index in [1.165, 1.54) is 5.56 Å². The van der Waals surface area contributed by atoms with E-state index in [0.29, 0.717) is 0 Å². The molecule has 0 bridgehead atoms. The van der Waals surface area contributed by atoms with Crippen molar-refractivity contribution in [3.8, 4) is 5.75 Å². The van der Waals surface area contributed by atoms with Crippen LogP contribution < -0.4 is 10.1 Å². The van der Waals surface area contributed by atoms with Crippen LogP contribution in [0, 0.1) is 0 Å². The zero-order valence-corrected chi connectivity index (χ0v) is 12.7. The van der Waals surface area contributed by atoms with Gasteiger partial charge in [0.15, 0.2) is 0 Å². The molecule has 0 amide bonds. The molecule has 0 spiro atoms. The number of para-hydroxylation sites is 1. The Bertz CT molecular complexity index is 549. The zero-order valence-electron chi connectivity index (χ0n) is 12.7. The summed E-state index contributed by atoms with van der Waals surface area (Å²) < 4.78 is 5.57. The lowest BCUT2D eigenvalue weighted by molar-refractivity contribution is 0.200. The van der Waals surface area contributed by atoms with Crippen molar-refractivity contribution in [3.63, 3.8) is 0 Å². The Labute approximate surface area is 126 Å². The van der Waals surface area contributed by atoms with Gasteiger partial charge in [-0.2, -0.15) is 0 Å². The third kappa shape index (κ3) is 4.50. The predicted molar refractivity (Wildman–Crippen MR) is 86.6 cm³/mol. The Morgan fingerprint density at radius 2 is 1.81 bits per heavy atom. The van der Waals surface area contributed by atoms with Crippen LogP contribution in [0.1, 0.15) is 37.5 Å². The summed E-state index contributed by atoms with van der Waals surface area (Å²) in [5.74, 6) is 0.907. The first kappa shape index (κ1) is 15.4. The molecular weight excluding hydrogens is 262 g/mol. The van der Waals surface area contributed by atoms with Crippen LogP contribution >= 0.6 is 0 Å². The minimum Gasteiger partial charge on any atom is -0.494 e. The topological polar surface area (TPSA) is 41.5 Å². The van der Waals surface area contributed by atoms with Gasteiger partial charge in [-0.15, -0.1) is 0 Å². The first-order valence-corrected chi connectivity index (χ1v) is 7.43. The van der Waals surface area contributed by atoms with Crippen LogP contribution in [0.2, 0.25) is 0 Å². The highest BCUT2D eigenvalue weighted by molar-refractivity contribution is 5.52. The van der Waals surface area contributed by atoms with Crippen molar-refractivity contribution in [2.45, 2.75) is 32.9 Å². The fourth-order valence-electron chi connectivity index (χ4n) is 2.14. The molecule has 0 aliphatic heterocycles. The summed E-state index contributed by atoms with van der Waals surface area (Å²) in [6.07, 6.45) is 0.540. The fraction of sp³-hybridized carbons (Fsp3) is 0.333. The van der Waals surface area contributed by atoms with Gasteiger partial charge in [-0.05, 0) is 37.1 Å². The first-order chi connectivity index (χ1) is 10.2. The molecule has 2 aromatic rings. The third-order valence-electron chi connectivity index (χ3n) is 3.29. The van der Waals surface area contributed by atoms with E-state index in [0.717, 1.165) is 36.6 Å². The van der Waals surface area contributed by atoms with E-state index in [1.807, 2.05) is 36.4 Å². The second-order valence-corrected chi connectivity index (χ2v) is 5.11. The highest BCUT2D eigenvalue weighted by Gasteiger charge is 2.06. The van der Waals surface area contributed by atoms with Crippen molar-refractivity contribution < 1.29 is 9.84 Å². The largest absolute Gasteiger partial charge is 0.494 e. The molecule has 3 nitrogen and oxygen atoms in total. The van der Waals surface area contributed by atoms with E-state index in [1.54, 1.807) is 6.92 Å². The molecule has 1 atom stereocenters. The van der Waals surface area contributed by atoms with Crippen LogP contribution in [0.3, 0.4) is 0 Å². The summed E-state index contributed by atoms with van der Waals surface area (Å²) >= 11 is 0. The summed E-state index contributed by atoms with van der Waals surface area (Å²) in [5.41, 5.74) is 3.07. The van der Waals surface area contributed by atoms with Crippen LogP contribution in [0.4, 0.5) is 5.69 Å². The second kappa shape index (κ2) is 7.70. The average molecular weight is 285 g/mol. The normalized spacial score (nSPS) is 12.0. The highest BCUT2D eigenvalue weighted by atomic mass is 16.5. The number of ether oxygens (including phenoxy) is 1. The van der Waals surface area contributed by atoms with Crippen LogP contribution in [0.5, 0.6) is 5.75 Å². The monoisotopic (exact) mass is 285 g/mol. The van der Waals surface area contributed by atoms with E-state index >= 15 is 0 Å². The lowest BCUT2D eigenvalue weighted by Crippen LogP contribution is -2.04. The lowest BCUT2D eigenvalue weighted by Gasteiger charge is -2.14. The van der Waals surface area contributed by atoms with Crippen LogP contribution in [-0.2, 0) is 6.54 Å². The number of nitrogens with one attached hydrogen (secondary N) is 1. The zero-order chi connectivity index (χ0) is 15.1. The van der Waals surface area contributed by atoms with Gasteiger partial charge in [-0.3, -0.25) is 0 Å². The Balaban J connectivity index is 1.97. The Morgan fingerprint density at radius 3 is 2.48 bits per heavy atom. The molecule has 112 valence electrons. The van der Waals surface area contributed by atoms with Gasteiger partial charge in [-0.25, -0.2) is 0 Å². The molecule has 2 N–H and O–H groups in total. The predicted octanol–water partition coefficient (Wildman–Crippen LogP) is 4.14. The number of aliphatic hydroxyl groups is 1. The molecular formula is C18H23NO2. The molecule has 1 unspecified atom stereocenters. The minimum absolute atomic E-state index is 0.474. The smallest absolute Gasteiger partial charge is 0.119 e. The number of anilines is 1. The number of benzene rings is 2. The molecule has 0 aliphatic carbocycles. The van der Waals surface area contributed by atoms with E-state index in [9.17, 15) is 5.11 Å². The molecule has 0 aromatic heterocycles. The van der Waals surface area contributed by atoms with Crippen molar-refractivity contribution in [2.75, 3.05) is 11.9 Å². The molecule has 0 fully saturated rings. The Kier molecular flexibility index (Phi) is 5.64. The molecule has 0 saturated heterocycles. The number of rotatable bonds is 7.